The maximum Gasteiger partial charge on any atom is 0.268 e. The molecule has 3 rings (SSSR count). The van der Waals surface area contributed by atoms with Gasteiger partial charge in [0.1, 0.15) is 5.75 Å². The van der Waals surface area contributed by atoms with E-state index < -0.39 is 6.10 Å². The van der Waals surface area contributed by atoms with Crippen molar-refractivity contribution in [2.24, 2.45) is 0 Å². The van der Waals surface area contributed by atoms with Gasteiger partial charge in [0.05, 0.1) is 5.69 Å². The van der Waals surface area contributed by atoms with Gasteiger partial charge in [-0.2, -0.15) is 0 Å². The Morgan fingerprint density at radius 3 is 2.75 bits per heavy atom. The Labute approximate surface area is 142 Å². The number of carbonyl (C=O) groups excluding carboxylic acids is 1. The van der Waals surface area contributed by atoms with Crippen molar-refractivity contribution in [2.45, 2.75) is 26.4 Å². The van der Waals surface area contributed by atoms with Crippen molar-refractivity contribution in [2.75, 3.05) is 17.2 Å². The Bertz CT molecular complexity index is 798. The molecule has 1 amide bonds. The number of hydrogen-bond donors (Lipinski definition) is 1. The number of hydrogen-bond acceptors (Lipinski definition) is 3. The molecule has 0 radical (unpaired) electrons. The second-order valence-electron chi connectivity index (χ2n) is 6.21. The maximum atomic E-state index is 12.9. The summed E-state index contributed by atoms with van der Waals surface area (Å²) in [6, 6.07) is 11.6. The molecule has 1 atom stereocenters. The second-order valence-corrected chi connectivity index (χ2v) is 6.21. The van der Waals surface area contributed by atoms with Crippen molar-refractivity contribution < 1.29 is 9.53 Å². The molecule has 0 bridgehead atoms. The number of anilines is 2. The summed E-state index contributed by atoms with van der Waals surface area (Å²) in [5.41, 5.74) is 10.7. The van der Waals surface area contributed by atoms with Crippen LogP contribution in [0.25, 0.3) is 0 Å². The normalized spacial score (nSPS) is 16.5. The van der Waals surface area contributed by atoms with E-state index in [1.165, 1.54) is 11.1 Å². The first-order chi connectivity index (χ1) is 11.5. The molecule has 1 aliphatic heterocycles. The predicted molar refractivity (Wildman–Crippen MR) is 97.4 cm³/mol. The molecule has 1 heterocycles. The molecule has 0 spiro atoms. The molecule has 4 heteroatoms. The van der Waals surface area contributed by atoms with Gasteiger partial charge in [0, 0.05) is 18.7 Å². The highest BCUT2D eigenvalue weighted by Gasteiger charge is 2.34. The van der Waals surface area contributed by atoms with E-state index in [0.717, 1.165) is 5.56 Å². The highest BCUT2D eigenvalue weighted by molar-refractivity contribution is 6.00. The first-order valence-electron chi connectivity index (χ1n) is 8.04. The molecule has 1 unspecified atom stereocenters. The van der Waals surface area contributed by atoms with E-state index in [9.17, 15) is 4.79 Å². The van der Waals surface area contributed by atoms with Crippen molar-refractivity contribution in [3.8, 4) is 5.75 Å². The Balaban J connectivity index is 1.94. The monoisotopic (exact) mass is 322 g/mol. The van der Waals surface area contributed by atoms with Gasteiger partial charge in [-0.1, -0.05) is 29.8 Å². The Hall–Kier alpha value is -2.75. The zero-order chi connectivity index (χ0) is 17.3. The van der Waals surface area contributed by atoms with Gasteiger partial charge in [-0.3, -0.25) is 4.79 Å². The minimum absolute atomic E-state index is 0.0621. The number of fused-ring (bicyclic) bond motifs is 1. The van der Waals surface area contributed by atoms with E-state index in [4.69, 9.17) is 10.5 Å². The standard InChI is InChI=1S/C20H22N2O2/c1-4-9-22-17-12-16(21)7-8-18(17)24-19(20(22)23)11-15-6-5-13(2)10-14(15)3/h4-8,10,12,19H,1,9,11,21H2,2-3H3. The fraction of sp³-hybridized carbons (Fsp3) is 0.250. The smallest absolute Gasteiger partial charge is 0.268 e. The van der Waals surface area contributed by atoms with Gasteiger partial charge >= 0.3 is 0 Å². The van der Waals surface area contributed by atoms with Crippen molar-refractivity contribution in [1.29, 1.82) is 0 Å². The molecule has 0 fully saturated rings. The van der Waals surface area contributed by atoms with E-state index in [2.05, 4.69) is 38.6 Å². The van der Waals surface area contributed by atoms with Crippen LogP contribution >= 0.6 is 0 Å². The zero-order valence-electron chi connectivity index (χ0n) is 14.1. The number of nitrogens with zero attached hydrogens (tertiary/aromatic N) is 1. The Morgan fingerprint density at radius 2 is 2.04 bits per heavy atom. The molecule has 124 valence electrons. The molecule has 0 saturated carbocycles. The van der Waals surface area contributed by atoms with Crippen LogP contribution in [0, 0.1) is 13.8 Å². The van der Waals surface area contributed by atoms with E-state index >= 15 is 0 Å². The van der Waals surface area contributed by atoms with Crippen molar-refractivity contribution in [1.82, 2.24) is 0 Å². The fourth-order valence-corrected chi connectivity index (χ4v) is 3.06. The molecular weight excluding hydrogens is 300 g/mol. The lowest BCUT2D eigenvalue weighted by Crippen LogP contribution is -2.47. The lowest BCUT2D eigenvalue weighted by molar-refractivity contribution is -0.126. The minimum Gasteiger partial charge on any atom is -0.478 e. The Morgan fingerprint density at radius 1 is 1.25 bits per heavy atom. The first-order valence-corrected chi connectivity index (χ1v) is 8.04. The van der Waals surface area contributed by atoms with Crippen LogP contribution < -0.4 is 15.4 Å². The number of nitrogen functional groups attached to an aromatic ring is 1. The van der Waals surface area contributed by atoms with Crippen LogP contribution in [0.5, 0.6) is 5.75 Å². The summed E-state index contributed by atoms with van der Waals surface area (Å²) in [7, 11) is 0. The van der Waals surface area contributed by atoms with Crippen LogP contribution in [0.4, 0.5) is 11.4 Å². The largest absolute Gasteiger partial charge is 0.478 e. The van der Waals surface area contributed by atoms with Crippen LogP contribution in [0.15, 0.2) is 49.1 Å². The molecule has 2 aromatic carbocycles. The summed E-state index contributed by atoms with van der Waals surface area (Å²) in [5, 5.41) is 0. The fourth-order valence-electron chi connectivity index (χ4n) is 3.06. The van der Waals surface area contributed by atoms with Gasteiger partial charge in [0.25, 0.3) is 5.91 Å². The third-order valence-corrected chi connectivity index (χ3v) is 4.30. The summed E-state index contributed by atoms with van der Waals surface area (Å²) >= 11 is 0. The molecule has 0 saturated heterocycles. The quantitative estimate of drug-likeness (QED) is 0.693. The molecule has 2 aromatic rings. The summed E-state index contributed by atoms with van der Waals surface area (Å²) in [6.07, 6.45) is 1.72. The van der Waals surface area contributed by atoms with E-state index in [1.807, 2.05) is 6.07 Å². The topological polar surface area (TPSA) is 55.6 Å². The third kappa shape index (κ3) is 3.00. The lowest BCUT2D eigenvalue weighted by Gasteiger charge is -2.34. The van der Waals surface area contributed by atoms with E-state index in [-0.39, 0.29) is 5.91 Å². The number of carbonyl (C=O) groups is 1. The summed E-state index contributed by atoms with van der Waals surface area (Å²) < 4.78 is 5.98. The van der Waals surface area contributed by atoms with Gasteiger partial charge in [-0.05, 0) is 43.2 Å². The number of amides is 1. The zero-order valence-corrected chi connectivity index (χ0v) is 14.1. The number of nitrogens with two attached hydrogens (primary N) is 1. The summed E-state index contributed by atoms with van der Waals surface area (Å²) in [5.74, 6) is 0.619. The summed E-state index contributed by atoms with van der Waals surface area (Å²) in [4.78, 5) is 14.6. The van der Waals surface area contributed by atoms with Gasteiger partial charge in [0.15, 0.2) is 6.10 Å². The van der Waals surface area contributed by atoms with Crippen molar-refractivity contribution >= 4 is 17.3 Å². The van der Waals surface area contributed by atoms with Gasteiger partial charge in [-0.15, -0.1) is 6.58 Å². The second kappa shape index (κ2) is 6.40. The lowest BCUT2D eigenvalue weighted by atomic mass is 9.99. The van der Waals surface area contributed by atoms with Crippen LogP contribution in [-0.2, 0) is 11.2 Å². The predicted octanol–water partition coefficient (Wildman–Crippen LogP) is 3.41. The number of rotatable bonds is 4. The van der Waals surface area contributed by atoms with Crippen LogP contribution in [-0.4, -0.2) is 18.6 Å². The molecule has 2 N–H and O–H groups in total. The van der Waals surface area contributed by atoms with Gasteiger partial charge in [0.2, 0.25) is 0 Å². The van der Waals surface area contributed by atoms with E-state index in [0.29, 0.717) is 30.1 Å². The molecule has 4 nitrogen and oxygen atoms in total. The molecular formula is C20H22N2O2. The number of benzene rings is 2. The van der Waals surface area contributed by atoms with E-state index in [1.54, 1.807) is 23.1 Å². The minimum atomic E-state index is -0.539. The SMILES string of the molecule is C=CCN1C(=O)C(Cc2ccc(C)cc2C)Oc2ccc(N)cc21. The highest BCUT2D eigenvalue weighted by Crippen LogP contribution is 2.36. The van der Waals surface area contributed by atoms with Crippen molar-refractivity contribution in [3.05, 3.63) is 65.7 Å². The average molecular weight is 322 g/mol. The van der Waals surface area contributed by atoms with Crippen LogP contribution in [0.3, 0.4) is 0 Å². The Kier molecular flexibility index (Phi) is 4.30. The van der Waals surface area contributed by atoms with Crippen LogP contribution in [0.1, 0.15) is 16.7 Å². The van der Waals surface area contributed by atoms with Gasteiger partial charge in [-0.25, -0.2) is 0 Å². The van der Waals surface area contributed by atoms with Gasteiger partial charge < -0.3 is 15.4 Å². The number of ether oxygens (including phenoxy) is 1. The molecule has 1 aliphatic rings. The number of aryl methyl sites for hydroxylation is 2. The highest BCUT2D eigenvalue weighted by atomic mass is 16.5. The third-order valence-electron chi connectivity index (χ3n) is 4.30. The summed E-state index contributed by atoms with van der Waals surface area (Å²) in [6.45, 7) is 8.31. The molecule has 0 aromatic heterocycles. The molecule has 0 aliphatic carbocycles. The van der Waals surface area contributed by atoms with Crippen molar-refractivity contribution in [3.63, 3.8) is 0 Å². The molecule has 24 heavy (non-hydrogen) atoms. The average Bonchev–Trinajstić information content (AvgIpc) is 2.54. The van der Waals surface area contributed by atoms with Crippen LogP contribution in [0.2, 0.25) is 0 Å². The first kappa shape index (κ1) is 16.1. The maximum absolute atomic E-state index is 12.9.